The summed E-state index contributed by atoms with van der Waals surface area (Å²) in [7, 11) is 0. The van der Waals surface area contributed by atoms with Gasteiger partial charge in [0.25, 0.3) is 0 Å². The molecule has 0 spiro atoms. The predicted molar refractivity (Wildman–Crippen MR) is 88.6 cm³/mol. The number of rotatable bonds is 8. The molecular formula is C16H20ClNO2S. The second-order valence-electron chi connectivity index (χ2n) is 4.94. The van der Waals surface area contributed by atoms with Crippen LogP contribution in [-0.4, -0.2) is 30.9 Å². The Morgan fingerprint density at radius 1 is 1.24 bits per heavy atom. The van der Waals surface area contributed by atoms with Crippen LogP contribution >= 0.6 is 22.9 Å². The molecule has 1 aromatic heterocycles. The van der Waals surface area contributed by atoms with Crippen molar-refractivity contribution in [1.29, 1.82) is 0 Å². The summed E-state index contributed by atoms with van der Waals surface area (Å²) in [6.45, 7) is 3.66. The van der Waals surface area contributed by atoms with Crippen LogP contribution in [0.25, 0.3) is 0 Å². The normalized spacial score (nSPS) is 12.3. The van der Waals surface area contributed by atoms with Gasteiger partial charge in [-0.3, -0.25) is 0 Å². The molecule has 2 N–H and O–H groups in total. The maximum Gasteiger partial charge on any atom is 0.119 e. The Hall–Kier alpha value is -1.07. The van der Waals surface area contributed by atoms with E-state index < -0.39 is 6.10 Å². The van der Waals surface area contributed by atoms with E-state index in [0.29, 0.717) is 13.2 Å². The number of aryl methyl sites for hydroxylation is 1. The fourth-order valence-corrected chi connectivity index (χ4v) is 2.94. The molecule has 2 aromatic rings. The van der Waals surface area contributed by atoms with Gasteiger partial charge in [0.15, 0.2) is 0 Å². The minimum Gasteiger partial charge on any atom is -0.491 e. The maximum atomic E-state index is 9.86. The van der Waals surface area contributed by atoms with Crippen molar-refractivity contribution >= 4 is 22.9 Å². The molecule has 0 aliphatic heterocycles. The number of halogens is 1. The van der Waals surface area contributed by atoms with Crippen LogP contribution in [0.1, 0.15) is 10.4 Å². The lowest BCUT2D eigenvalue weighted by Gasteiger charge is -2.13. The van der Waals surface area contributed by atoms with Gasteiger partial charge < -0.3 is 15.2 Å². The summed E-state index contributed by atoms with van der Waals surface area (Å²) in [5.41, 5.74) is 1.19. The highest BCUT2D eigenvalue weighted by Gasteiger charge is 2.05. The zero-order chi connectivity index (χ0) is 15.1. The lowest BCUT2D eigenvalue weighted by molar-refractivity contribution is 0.106. The van der Waals surface area contributed by atoms with Crippen molar-refractivity contribution in [3.8, 4) is 5.75 Å². The standard InChI is InChI=1S/C16H20ClNO2S/c1-12-2-4-14(5-3-12)20-11-13(19)10-18-9-8-15-6-7-16(17)21-15/h2-7,13,18-19H,8-11H2,1H3. The van der Waals surface area contributed by atoms with Crippen molar-refractivity contribution in [2.75, 3.05) is 19.7 Å². The van der Waals surface area contributed by atoms with E-state index in [9.17, 15) is 5.11 Å². The summed E-state index contributed by atoms with van der Waals surface area (Å²) in [6, 6.07) is 11.8. The van der Waals surface area contributed by atoms with E-state index in [2.05, 4.69) is 5.32 Å². The fourth-order valence-electron chi connectivity index (χ4n) is 1.85. The van der Waals surface area contributed by atoms with Gasteiger partial charge in [0, 0.05) is 18.0 Å². The first kappa shape index (κ1) is 16.3. The lowest BCUT2D eigenvalue weighted by atomic mass is 10.2. The topological polar surface area (TPSA) is 41.5 Å². The summed E-state index contributed by atoms with van der Waals surface area (Å²) >= 11 is 7.47. The van der Waals surface area contributed by atoms with Crippen LogP contribution in [0.15, 0.2) is 36.4 Å². The van der Waals surface area contributed by atoms with Gasteiger partial charge in [0.1, 0.15) is 18.5 Å². The van der Waals surface area contributed by atoms with Crippen molar-refractivity contribution in [2.24, 2.45) is 0 Å². The first-order valence-electron chi connectivity index (χ1n) is 6.96. The van der Waals surface area contributed by atoms with Crippen LogP contribution in [0.5, 0.6) is 5.75 Å². The first-order chi connectivity index (χ1) is 10.1. The number of ether oxygens (including phenoxy) is 1. The summed E-state index contributed by atoms with van der Waals surface area (Å²) < 4.78 is 6.35. The van der Waals surface area contributed by atoms with Crippen molar-refractivity contribution in [3.63, 3.8) is 0 Å². The monoisotopic (exact) mass is 325 g/mol. The van der Waals surface area contributed by atoms with Crippen LogP contribution in [0.2, 0.25) is 4.34 Å². The van der Waals surface area contributed by atoms with Crippen molar-refractivity contribution in [2.45, 2.75) is 19.4 Å². The van der Waals surface area contributed by atoms with Gasteiger partial charge in [0.05, 0.1) is 4.34 Å². The Labute approximate surface area is 134 Å². The Bertz CT molecular complexity index is 541. The highest BCUT2D eigenvalue weighted by Crippen LogP contribution is 2.21. The molecule has 2 rings (SSSR count). The van der Waals surface area contributed by atoms with E-state index in [1.54, 1.807) is 11.3 Å². The van der Waals surface area contributed by atoms with Crippen molar-refractivity contribution < 1.29 is 9.84 Å². The molecule has 0 amide bonds. The number of aliphatic hydroxyl groups is 1. The molecule has 1 atom stereocenters. The molecule has 0 aliphatic carbocycles. The average Bonchev–Trinajstić information content (AvgIpc) is 2.89. The first-order valence-corrected chi connectivity index (χ1v) is 8.15. The molecule has 1 heterocycles. The van der Waals surface area contributed by atoms with Crippen LogP contribution < -0.4 is 10.1 Å². The number of benzene rings is 1. The van der Waals surface area contributed by atoms with E-state index in [1.165, 1.54) is 10.4 Å². The van der Waals surface area contributed by atoms with Gasteiger partial charge >= 0.3 is 0 Å². The molecule has 0 fully saturated rings. The van der Waals surface area contributed by atoms with E-state index in [0.717, 1.165) is 23.1 Å². The third kappa shape index (κ3) is 6.06. The zero-order valence-corrected chi connectivity index (χ0v) is 13.6. The summed E-state index contributed by atoms with van der Waals surface area (Å²) in [5.74, 6) is 0.785. The van der Waals surface area contributed by atoms with E-state index in [4.69, 9.17) is 16.3 Å². The number of aliphatic hydroxyl groups excluding tert-OH is 1. The minimum absolute atomic E-state index is 0.293. The van der Waals surface area contributed by atoms with Gasteiger partial charge in [-0.25, -0.2) is 0 Å². The number of nitrogens with one attached hydrogen (secondary N) is 1. The highest BCUT2D eigenvalue weighted by atomic mass is 35.5. The summed E-state index contributed by atoms with van der Waals surface area (Å²) in [6.07, 6.45) is 0.404. The SMILES string of the molecule is Cc1ccc(OCC(O)CNCCc2ccc(Cl)s2)cc1. The second kappa shape index (κ2) is 8.39. The third-order valence-electron chi connectivity index (χ3n) is 3.02. The Kier molecular flexibility index (Phi) is 6.51. The minimum atomic E-state index is -0.516. The van der Waals surface area contributed by atoms with Gasteiger partial charge in [-0.05, 0) is 37.6 Å². The zero-order valence-electron chi connectivity index (χ0n) is 12.0. The molecular weight excluding hydrogens is 306 g/mol. The fraction of sp³-hybridized carbons (Fsp3) is 0.375. The molecule has 0 aliphatic rings. The number of hydrogen-bond acceptors (Lipinski definition) is 4. The summed E-state index contributed by atoms with van der Waals surface area (Å²) in [4.78, 5) is 1.25. The largest absolute Gasteiger partial charge is 0.491 e. The van der Waals surface area contributed by atoms with E-state index >= 15 is 0 Å². The molecule has 0 saturated heterocycles. The lowest BCUT2D eigenvalue weighted by Crippen LogP contribution is -2.32. The molecule has 0 saturated carbocycles. The molecule has 0 bridgehead atoms. The van der Waals surface area contributed by atoms with Gasteiger partial charge in [-0.15, -0.1) is 11.3 Å². The second-order valence-corrected chi connectivity index (χ2v) is 6.74. The Balaban J connectivity index is 1.59. The van der Waals surface area contributed by atoms with E-state index in [-0.39, 0.29) is 0 Å². The number of hydrogen-bond donors (Lipinski definition) is 2. The molecule has 1 unspecified atom stereocenters. The van der Waals surface area contributed by atoms with Crippen LogP contribution in [0.3, 0.4) is 0 Å². The Morgan fingerprint density at radius 3 is 2.67 bits per heavy atom. The van der Waals surface area contributed by atoms with Crippen molar-refractivity contribution in [3.05, 3.63) is 51.2 Å². The van der Waals surface area contributed by atoms with Crippen LogP contribution in [0.4, 0.5) is 0 Å². The summed E-state index contributed by atoms with van der Waals surface area (Å²) in [5, 5.41) is 13.1. The van der Waals surface area contributed by atoms with E-state index in [1.807, 2.05) is 43.3 Å². The quantitative estimate of drug-likeness (QED) is 0.732. The molecule has 1 aromatic carbocycles. The molecule has 21 heavy (non-hydrogen) atoms. The molecule has 5 heteroatoms. The van der Waals surface area contributed by atoms with Crippen molar-refractivity contribution in [1.82, 2.24) is 5.32 Å². The van der Waals surface area contributed by atoms with Gasteiger partial charge in [0.2, 0.25) is 0 Å². The molecule has 0 radical (unpaired) electrons. The van der Waals surface area contributed by atoms with Gasteiger partial charge in [-0.1, -0.05) is 29.3 Å². The predicted octanol–water partition coefficient (Wildman–Crippen LogP) is 3.28. The van der Waals surface area contributed by atoms with Gasteiger partial charge in [-0.2, -0.15) is 0 Å². The average molecular weight is 326 g/mol. The maximum absolute atomic E-state index is 9.86. The molecule has 3 nitrogen and oxygen atoms in total. The van der Waals surface area contributed by atoms with Crippen LogP contribution in [-0.2, 0) is 6.42 Å². The number of thiophene rings is 1. The Morgan fingerprint density at radius 2 is 2.00 bits per heavy atom. The highest BCUT2D eigenvalue weighted by molar-refractivity contribution is 7.16. The van der Waals surface area contributed by atoms with Crippen LogP contribution in [0, 0.1) is 6.92 Å². The smallest absolute Gasteiger partial charge is 0.119 e. The third-order valence-corrected chi connectivity index (χ3v) is 4.31. The molecule has 114 valence electrons.